The largest absolute Gasteiger partial charge is 0.451 e. The summed E-state index contributed by atoms with van der Waals surface area (Å²) in [6.45, 7) is 4.09. The Hall–Kier alpha value is -2.78. The van der Waals surface area contributed by atoms with Crippen LogP contribution in [0.1, 0.15) is 44.2 Å². The average Bonchev–Trinajstić information content (AvgIpc) is 2.81. The number of aromatic nitrogens is 1. The molecule has 33 heavy (non-hydrogen) atoms. The van der Waals surface area contributed by atoms with E-state index in [0.717, 1.165) is 12.0 Å². The van der Waals surface area contributed by atoms with Gasteiger partial charge < -0.3 is 10.1 Å². The molecule has 0 spiro atoms. The zero-order valence-electron chi connectivity index (χ0n) is 19.0. The van der Waals surface area contributed by atoms with Crippen molar-refractivity contribution in [3.8, 4) is 0 Å². The molecule has 0 bridgehead atoms. The van der Waals surface area contributed by atoms with Crippen molar-refractivity contribution < 1.29 is 22.7 Å². The van der Waals surface area contributed by atoms with Crippen LogP contribution in [0.2, 0.25) is 0 Å². The Bertz CT molecular complexity index is 1030. The topological polar surface area (TPSA) is 106 Å². The second-order valence-corrected chi connectivity index (χ2v) is 10.5. The number of carbonyl (C=O) groups excluding carboxylic acids is 2. The van der Waals surface area contributed by atoms with Gasteiger partial charge in [-0.1, -0.05) is 50.2 Å². The Kier molecular flexibility index (Phi) is 8.57. The third kappa shape index (κ3) is 6.85. The molecule has 1 unspecified atom stereocenters. The lowest BCUT2D eigenvalue weighted by atomic mass is 10.0. The van der Waals surface area contributed by atoms with Gasteiger partial charge in [0.05, 0.1) is 5.75 Å². The number of sulfonamides is 1. The zero-order chi connectivity index (χ0) is 23.8. The van der Waals surface area contributed by atoms with Gasteiger partial charge in [-0.3, -0.25) is 14.6 Å². The van der Waals surface area contributed by atoms with Crippen LogP contribution in [-0.2, 0) is 36.6 Å². The molecule has 1 aliphatic rings. The summed E-state index contributed by atoms with van der Waals surface area (Å²) in [5, 5.41) is 2.77. The third-order valence-corrected chi connectivity index (χ3v) is 7.42. The average molecular weight is 474 g/mol. The minimum Gasteiger partial charge on any atom is -0.451 e. The predicted octanol–water partition coefficient (Wildman–Crippen LogP) is 2.65. The molecule has 1 aliphatic heterocycles. The number of hydrogen-bond acceptors (Lipinski definition) is 6. The van der Waals surface area contributed by atoms with Gasteiger partial charge in [0.2, 0.25) is 10.0 Å². The van der Waals surface area contributed by atoms with E-state index in [1.54, 1.807) is 56.6 Å². The minimum absolute atomic E-state index is 0.184. The summed E-state index contributed by atoms with van der Waals surface area (Å²) in [4.78, 5) is 29.9. The van der Waals surface area contributed by atoms with Crippen LogP contribution in [-0.4, -0.2) is 48.3 Å². The first kappa shape index (κ1) is 24.9. The lowest BCUT2D eigenvalue weighted by Gasteiger charge is -2.34. The number of nitrogens with one attached hydrogen (secondary N) is 1. The highest BCUT2D eigenvalue weighted by molar-refractivity contribution is 7.88. The number of rotatable bonds is 9. The summed E-state index contributed by atoms with van der Waals surface area (Å²) in [5.74, 6) is -1.56. The smallest absolute Gasteiger partial charge is 0.325 e. The second-order valence-electron chi connectivity index (χ2n) is 8.54. The molecule has 9 heteroatoms. The van der Waals surface area contributed by atoms with Gasteiger partial charge in [0.1, 0.15) is 6.04 Å². The van der Waals surface area contributed by atoms with Crippen molar-refractivity contribution in [2.24, 2.45) is 5.92 Å². The van der Waals surface area contributed by atoms with Gasteiger partial charge in [-0.2, -0.15) is 4.31 Å². The summed E-state index contributed by atoms with van der Waals surface area (Å²) in [7, 11) is -3.73. The maximum atomic E-state index is 13.1. The number of benzene rings is 1. The van der Waals surface area contributed by atoms with Crippen LogP contribution in [0.5, 0.6) is 0 Å². The lowest BCUT2D eigenvalue weighted by Crippen LogP contribution is -2.51. The number of ether oxygens (including phenoxy) is 1. The molecule has 2 heterocycles. The van der Waals surface area contributed by atoms with E-state index in [9.17, 15) is 18.0 Å². The van der Waals surface area contributed by atoms with Crippen LogP contribution in [0.25, 0.3) is 0 Å². The van der Waals surface area contributed by atoms with E-state index in [4.69, 9.17) is 4.74 Å². The SMILES string of the molecule is CC(C)[C@H](OC(=O)C1CCCCN1S(=O)(=O)Cc1ccccc1)C(=O)NCc1cccnc1. The first-order valence-corrected chi connectivity index (χ1v) is 12.8. The Labute approximate surface area is 195 Å². The number of pyridine rings is 1. The van der Waals surface area contributed by atoms with Gasteiger partial charge in [0, 0.05) is 25.5 Å². The molecule has 2 aromatic rings. The van der Waals surface area contributed by atoms with E-state index in [0.29, 0.717) is 18.4 Å². The molecule has 8 nitrogen and oxygen atoms in total. The molecule has 2 atom stereocenters. The van der Waals surface area contributed by atoms with E-state index in [-0.39, 0.29) is 24.8 Å². The molecule has 1 N–H and O–H groups in total. The van der Waals surface area contributed by atoms with E-state index in [2.05, 4.69) is 10.3 Å². The van der Waals surface area contributed by atoms with Gasteiger partial charge in [-0.25, -0.2) is 8.42 Å². The van der Waals surface area contributed by atoms with E-state index in [1.807, 2.05) is 12.1 Å². The Morgan fingerprint density at radius 2 is 1.85 bits per heavy atom. The maximum Gasteiger partial charge on any atom is 0.325 e. The molecule has 0 saturated carbocycles. The normalized spacial score (nSPS) is 18.0. The molecule has 1 saturated heterocycles. The lowest BCUT2D eigenvalue weighted by molar-refractivity contribution is -0.163. The summed E-state index contributed by atoms with van der Waals surface area (Å²) < 4.78 is 33.1. The van der Waals surface area contributed by atoms with Crippen LogP contribution in [0.3, 0.4) is 0 Å². The Morgan fingerprint density at radius 3 is 2.52 bits per heavy atom. The highest BCUT2D eigenvalue weighted by Crippen LogP contribution is 2.25. The van der Waals surface area contributed by atoms with Gasteiger partial charge in [0.15, 0.2) is 6.10 Å². The number of amides is 1. The van der Waals surface area contributed by atoms with Gasteiger partial charge in [-0.05, 0) is 42.4 Å². The second kappa shape index (κ2) is 11.4. The van der Waals surface area contributed by atoms with Crippen LogP contribution < -0.4 is 5.32 Å². The van der Waals surface area contributed by atoms with Crippen molar-refractivity contribution in [2.45, 2.75) is 57.6 Å². The summed E-state index contributed by atoms with van der Waals surface area (Å²) in [6.07, 6.45) is 4.04. The monoisotopic (exact) mass is 473 g/mol. The molecular weight excluding hydrogens is 442 g/mol. The molecule has 1 aromatic heterocycles. The maximum absolute atomic E-state index is 13.1. The van der Waals surface area contributed by atoms with Crippen molar-refractivity contribution >= 4 is 21.9 Å². The first-order chi connectivity index (χ1) is 15.8. The highest BCUT2D eigenvalue weighted by atomic mass is 32.2. The van der Waals surface area contributed by atoms with Crippen molar-refractivity contribution in [3.05, 3.63) is 66.0 Å². The molecule has 1 fully saturated rings. The fraction of sp³-hybridized carbons (Fsp3) is 0.458. The van der Waals surface area contributed by atoms with Crippen LogP contribution >= 0.6 is 0 Å². The third-order valence-electron chi connectivity index (χ3n) is 5.57. The van der Waals surface area contributed by atoms with Gasteiger partial charge in [0.25, 0.3) is 5.91 Å². The molecule has 0 radical (unpaired) electrons. The first-order valence-electron chi connectivity index (χ1n) is 11.2. The molecule has 1 amide bonds. The van der Waals surface area contributed by atoms with Crippen LogP contribution in [0, 0.1) is 5.92 Å². The quantitative estimate of drug-likeness (QED) is 0.562. The van der Waals surface area contributed by atoms with Crippen LogP contribution in [0.15, 0.2) is 54.9 Å². The minimum atomic E-state index is -3.73. The number of hydrogen-bond donors (Lipinski definition) is 1. The number of esters is 1. The molecule has 1 aromatic carbocycles. The molecular formula is C24H31N3O5S. The predicted molar refractivity (Wildman–Crippen MR) is 124 cm³/mol. The Morgan fingerprint density at radius 1 is 1.12 bits per heavy atom. The summed E-state index contributed by atoms with van der Waals surface area (Å²) in [5.41, 5.74) is 1.48. The standard InChI is InChI=1S/C24H31N3O5S/c1-18(2)22(23(28)26-16-20-11-8-13-25-15-20)32-24(29)21-12-6-7-14-27(21)33(30,31)17-19-9-4-3-5-10-19/h3-5,8-11,13,15,18,21-22H,6-7,12,14,16-17H2,1-2H3,(H,26,28)/t21?,22-/m0/s1. The highest BCUT2D eigenvalue weighted by Gasteiger charge is 2.39. The summed E-state index contributed by atoms with van der Waals surface area (Å²) >= 11 is 0. The van der Waals surface area contributed by atoms with E-state index >= 15 is 0 Å². The molecule has 178 valence electrons. The van der Waals surface area contributed by atoms with Crippen LogP contribution in [0.4, 0.5) is 0 Å². The molecule has 0 aliphatic carbocycles. The summed E-state index contributed by atoms with van der Waals surface area (Å²) in [6, 6.07) is 11.6. The fourth-order valence-electron chi connectivity index (χ4n) is 3.83. The van der Waals surface area contributed by atoms with Gasteiger partial charge >= 0.3 is 5.97 Å². The number of carbonyl (C=O) groups is 2. The van der Waals surface area contributed by atoms with E-state index in [1.165, 1.54) is 4.31 Å². The van der Waals surface area contributed by atoms with E-state index < -0.39 is 34.0 Å². The van der Waals surface area contributed by atoms with Gasteiger partial charge in [-0.15, -0.1) is 0 Å². The zero-order valence-corrected chi connectivity index (χ0v) is 19.8. The Balaban J connectivity index is 1.68. The number of piperidine rings is 1. The van der Waals surface area contributed by atoms with Crippen molar-refractivity contribution in [1.82, 2.24) is 14.6 Å². The van der Waals surface area contributed by atoms with Crippen molar-refractivity contribution in [1.29, 1.82) is 0 Å². The fourth-order valence-corrected chi connectivity index (χ4v) is 5.60. The number of nitrogens with zero attached hydrogens (tertiary/aromatic N) is 2. The molecule has 3 rings (SSSR count). The van der Waals surface area contributed by atoms with Crippen molar-refractivity contribution in [3.63, 3.8) is 0 Å². The van der Waals surface area contributed by atoms with Crippen molar-refractivity contribution in [2.75, 3.05) is 6.54 Å².